The lowest BCUT2D eigenvalue weighted by atomic mass is 9.99. The molecule has 0 spiro atoms. The van der Waals surface area contributed by atoms with E-state index < -0.39 is 24.5 Å². The molecule has 0 aromatic carbocycles. The number of hydrogen-bond donors (Lipinski definition) is 4. The van der Waals surface area contributed by atoms with Crippen LogP contribution in [0.5, 0.6) is 0 Å². The zero-order valence-corrected chi connectivity index (χ0v) is 14.2. The largest absolute Gasteiger partial charge is 0.394 e. The van der Waals surface area contributed by atoms with Crippen molar-refractivity contribution in [2.45, 2.75) is 56.6 Å². The second-order valence-electron chi connectivity index (χ2n) is 6.63. The number of ether oxygens (including phenoxy) is 1. The maximum Gasteiger partial charge on any atom is 0.177 e. The van der Waals surface area contributed by atoms with E-state index in [4.69, 9.17) is 4.74 Å². The first-order chi connectivity index (χ1) is 12.7. The summed E-state index contributed by atoms with van der Waals surface area (Å²) in [6, 6.07) is 0. The van der Waals surface area contributed by atoms with Gasteiger partial charge in [0, 0.05) is 5.71 Å². The van der Waals surface area contributed by atoms with Gasteiger partial charge in [0.2, 0.25) is 0 Å². The zero-order chi connectivity index (χ0) is 18.1. The molecule has 4 rings (SSSR count). The molecule has 4 atom stereocenters. The van der Waals surface area contributed by atoms with Crippen molar-refractivity contribution in [3.8, 4) is 0 Å². The minimum absolute atomic E-state index is 0.388. The van der Waals surface area contributed by atoms with Crippen molar-refractivity contribution in [1.29, 1.82) is 0 Å². The summed E-state index contributed by atoms with van der Waals surface area (Å²) in [4.78, 5) is 12.7. The zero-order valence-electron chi connectivity index (χ0n) is 14.2. The summed E-state index contributed by atoms with van der Waals surface area (Å²) in [5.41, 5.74) is 5.02. The number of hydrazone groups is 1. The van der Waals surface area contributed by atoms with Crippen LogP contribution in [0.15, 0.2) is 17.8 Å². The summed E-state index contributed by atoms with van der Waals surface area (Å²) in [6.45, 7) is -0.388. The van der Waals surface area contributed by atoms with Gasteiger partial charge in [-0.25, -0.2) is 15.0 Å². The number of anilines is 1. The van der Waals surface area contributed by atoms with Gasteiger partial charge in [-0.3, -0.25) is 9.99 Å². The van der Waals surface area contributed by atoms with Crippen molar-refractivity contribution in [2.75, 3.05) is 12.0 Å². The van der Waals surface area contributed by atoms with Gasteiger partial charge >= 0.3 is 0 Å². The average molecular weight is 362 g/mol. The Kier molecular flexibility index (Phi) is 4.81. The number of aliphatic hydroxyl groups is 3. The Morgan fingerprint density at radius 3 is 2.69 bits per heavy atom. The average Bonchev–Trinajstić information content (AvgIpc) is 3.23. The summed E-state index contributed by atoms with van der Waals surface area (Å²) in [5, 5.41) is 33.9. The molecule has 4 unspecified atom stereocenters. The molecule has 2 aliphatic rings. The quantitative estimate of drug-likeness (QED) is 0.565. The summed E-state index contributed by atoms with van der Waals surface area (Å²) in [7, 11) is 0. The number of nitrogens with one attached hydrogen (secondary N) is 1. The number of aromatic nitrogens is 4. The van der Waals surface area contributed by atoms with Crippen molar-refractivity contribution in [1.82, 2.24) is 19.5 Å². The molecule has 26 heavy (non-hydrogen) atoms. The highest BCUT2D eigenvalue weighted by Crippen LogP contribution is 2.32. The number of fused-ring (bicyclic) bond motifs is 1. The van der Waals surface area contributed by atoms with Crippen molar-refractivity contribution in [2.24, 2.45) is 5.10 Å². The third kappa shape index (κ3) is 3.05. The fraction of sp³-hybridized carbons (Fsp3) is 0.625. The van der Waals surface area contributed by atoms with E-state index in [2.05, 4.69) is 25.5 Å². The van der Waals surface area contributed by atoms with E-state index in [9.17, 15) is 15.3 Å². The summed E-state index contributed by atoms with van der Waals surface area (Å²) < 4.78 is 7.07. The first kappa shape index (κ1) is 17.3. The number of imidazole rings is 1. The summed E-state index contributed by atoms with van der Waals surface area (Å²) in [5.74, 6) is 0.471. The fourth-order valence-electron chi connectivity index (χ4n) is 3.43. The van der Waals surface area contributed by atoms with Crippen LogP contribution in [-0.2, 0) is 4.74 Å². The lowest BCUT2D eigenvalue weighted by Gasteiger charge is -2.16. The molecular weight excluding hydrogens is 340 g/mol. The lowest BCUT2D eigenvalue weighted by molar-refractivity contribution is -0.0511. The van der Waals surface area contributed by atoms with Gasteiger partial charge in [-0.2, -0.15) is 5.10 Å². The SMILES string of the molecule is OCC1OC(n2cnc3c(NN=C4CCCCC4)ncnc32)C(O)C1O. The normalized spacial score (nSPS) is 29.3. The molecule has 10 nitrogen and oxygen atoms in total. The van der Waals surface area contributed by atoms with Gasteiger partial charge in [-0.15, -0.1) is 0 Å². The van der Waals surface area contributed by atoms with E-state index in [-0.39, 0.29) is 6.61 Å². The van der Waals surface area contributed by atoms with E-state index in [1.54, 1.807) is 0 Å². The maximum atomic E-state index is 10.2. The Balaban J connectivity index is 1.61. The summed E-state index contributed by atoms with van der Waals surface area (Å²) >= 11 is 0. The number of aliphatic hydroxyl groups excluding tert-OH is 3. The number of hydrogen-bond acceptors (Lipinski definition) is 9. The lowest BCUT2D eigenvalue weighted by Crippen LogP contribution is -2.33. The van der Waals surface area contributed by atoms with Gasteiger partial charge in [0.05, 0.1) is 12.9 Å². The molecule has 0 radical (unpaired) electrons. The third-order valence-corrected chi connectivity index (χ3v) is 4.90. The van der Waals surface area contributed by atoms with Crippen LogP contribution in [0.2, 0.25) is 0 Å². The Bertz CT molecular complexity index is 801. The molecule has 3 heterocycles. The van der Waals surface area contributed by atoms with Gasteiger partial charge in [-0.1, -0.05) is 6.42 Å². The van der Waals surface area contributed by atoms with Gasteiger partial charge in [0.25, 0.3) is 0 Å². The molecule has 1 aliphatic heterocycles. The van der Waals surface area contributed by atoms with Crippen molar-refractivity contribution in [3.63, 3.8) is 0 Å². The molecule has 2 aromatic rings. The van der Waals surface area contributed by atoms with Gasteiger partial charge in [0.1, 0.15) is 24.6 Å². The highest BCUT2D eigenvalue weighted by atomic mass is 16.6. The monoisotopic (exact) mass is 362 g/mol. The van der Waals surface area contributed by atoms with Crippen LogP contribution in [0.25, 0.3) is 11.2 Å². The topological polar surface area (TPSA) is 138 Å². The maximum absolute atomic E-state index is 10.2. The first-order valence-corrected chi connectivity index (χ1v) is 8.80. The second kappa shape index (κ2) is 7.23. The Labute approximate surface area is 149 Å². The predicted molar refractivity (Wildman–Crippen MR) is 92.5 cm³/mol. The smallest absolute Gasteiger partial charge is 0.177 e. The number of nitrogens with zero attached hydrogens (tertiary/aromatic N) is 5. The molecule has 4 N–H and O–H groups in total. The molecule has 1 aliphatic carbocycles. The van der Waals surface area contributed by atoms with Crippen LogP contribution in [0.3, 0.4) is 0 Å². The van der Waals surface area contributed by atoms with Crippen LogP contribution < -0.4 is 5.43 Å². The van der Waals surface area contributed by atoms with Crippen molar-refractivity contribution in [3.05, 3.63) is 12.7 Å². The number of rotatable bonds is 4. The molecule has 2 fully saturated rings. The molecule has 0 bridgehead atoms. The minimum atomic E-state index is -1.20. The standard InChI is InChI=1S/C16H22N6O4/c23-6-10-12(24)13(25)16(26-10)22-8-19-11-14(17-7-18-15(11)22)21-20-9-4-2-1-3-5-9/h7-8,10,12-13,16,23-25H,1-6H2,(H,17,18,21). The molecule has 1 saturated carbocycles. The molecule has 1 saturated heterocycles. The van der Waals surface area contributed by atoms with Crippen LogP contribution in [-0.4, -0.2) is 65.5 Å². The highest BCUT2D eigenvalue weighted by Gasteiger charge is 2.44. The van der Waals surface area contributed by atoms with Crippen LogP contribution in [0.4, 0.5) is 5.82 Å². The third-order valence-electron chi connectivity index (χ3n) is 4.90. The van der Waals surface area contributed by atoms with Gasteiger partial charge in [-0.05, 0) is 25.7 Å². The van der Waals surface area contributed by atoms with Crippen LogP contribution >= 0.6 is 0 Å². The van der Waals surface area contributed by atoms with Gasteiger partial charge < -0.3 is 20.1 Å². The van der Waals surface area contributed by atoms with Crippen LogP contribution in [0, 0.1) is 0 Å². The molecular formula is C16H22N6O4. The molecule has 140 valence electrons. The molecule has 0 amide bonds. The summed E-state index contributed by atoms with van der Waals surface area (Å²) in [6.07, 6.45) is 4.24. The Morgan fingerprint density at radius 1 is 1.15 bits per heavy atom. The fourth-order valence-corrected chi connectivity index (χ4v) is 3.43. The van der Waals surface area contributed by atoms with E-state index in [0.29, 0.717) is 17.0 Å². The van der Waals surface area contributed by atoms with E-state index in [0.717, 1.165) is 31.4 Å². The molecule has 10 heteroatoms. The Morgan fingerprint density at radius 2 is 1.96 bits per heavy atom. The van der Waals surface area contributed by atoms with E-state index in [1.165, 1.54) is 23.6 Å². The Hall–Kier alpha value is -2.14. The van der Waals surface area contributed by atoms with Crippen molar-refractivity contribution < 1.29 is 20.1 Å². The van der Waals surface area contributed by atoms with E-state index in [1.807, 2.05) is 0 Å². The molecule has 2 aromatic heterocycles. The first-order valence-electron chi connectivity index (χ1n) is 8.80. The minimum Gasteiger partial charge on any atom is -0.394 e. The van der Waals surface area contributed by atoms with Crippen LogP contribution in [0.1, 0.15) is 38.3 Å². The van der Waals surface area contributed by atoms with E-state index >= 15 is 0 Å². The predicted octanol–water partition coefficient (Wildman–Crippen LogP) is 0.170. The van der Waals surface area contributed by atoms with Crippen molar-refractivity contribution >= 4 is 22.7 Å². The van der Waals surface area contributed by atoms with Gasteiger partial charge in [0.15, 0.2) is 23.2 Å². The highest BCUT2D eigenvalue weighted by molar-refractivity contribution is 5.87. The second-order valence-corrected chi connectivity index (χ2v) is 6.63.